The van der Waals surface area contributed by atoms with Gasteiger partial charge in [0, 0.05) is 16.3 Å². The van der Waals surface area contributed by atoms with Crippen LogP contribution in [0.4, 0.5) is 11.5 Å². The van der Waals surface area contributed by atoms with E-state index in [1.54, 1.807) is 35.0 Å². The molecule has 0 aliphatic carbocycles. The predicted molar refractivity (Wildman–Crippen MR) is 117 cm³/mol. The van der Waals surface area contributed by atoms with Crippen molar-refractivity contribution in [2.45, 2.75) is 13.0 Å². The van der Waals surface area contributed by atoms with Gasteiger partial charge in [-0.15, -0.1) is 0 Å². The van der Waals surface area contributed by atoms with Gasteiger partial charge >= 0.3 is 5.97 Å². The molecule has 158 valence electrons. The molecular formula is C22H19ClN4O4. The maximum Gasteiger partial charge on any atom is 0.352 e. The first-order valence-corrected chi connectivity index (χ1v) is 9.94. The summed E-state index contributed by atoms with van der Waals surface area (Å²) in [5.74, 6) is -0.702. The zero-order valence-corrected chi connectivity index (χ0v) is 17.3. The van der Waals surface area contributed by atoms with Gasteiger partial charge in [0.25, 0.3) is 5.91 Å². The highest BCUT2D eigenvalue weighted by Crippen LogP contribution is 2.36. The first kappa shape index (κ1) is 20.5. The third-order valence-electron chi connectivity index (χ3n) is 4.73. The molecule has 3 aromatic rings. The van der Waals surface area contributed by atoms with Crippen LogP contribution in [0.3, 0.4) is 0 Å². The minimum Gasteiger partial charge on any atom is -0.494 e. The number of aromatic nitrogens is 2. The van der Waals surface area contributed by atoms with Crippen LogP contribution in [0.2, 0.25) is 5.02 Å². The molecule has 3 N–H and O–H groups in total. The average molecular weight is 439 g/mol. The van der Waals surface area contributed by atoms with Gasteiger partial charge in [-0.25, -0.2) is 9.48 Å². The van der Waals surface area contributed by atoms with E-state index in [-0.39, 0.29) is 17.1 Å². The molecule has 0 fully saturated rings. The van der Waals surface area contributed by atoms with Gasteiger partial charge in [0.2, 0.25) is 0 Å². The fraction of sp³-hybridized carbons (Fsp3) is 0.136. The zero-order chi connectivity index (χ0) is 22.0. The molecule has 0 bridgehead atoms. The third-order valence-corrected chi connectivity index (χ3v) is 4.97. The number of fused-ring (bicyclic) bond motifs is 1. The second-order valence-electron chi connectivity index (χ2n) is 6.74. The summed E-state index contributed by atoms with van der Waals surface area (Å²) in [7, 11) is 0. The van der Waals surface area contributed by atoms with Crippen LogP contribution >= 0.6 is 11.6 Å². The number of allylic oxidation sites excluding steroid dienone is 1. The maximum absolute atomic E-state index is 12.9. The van der Waals surface area contributed by atoms with Gasteiger partial charge in [-0.3, -0.25) is 4.79 Å². The van der Waals surface area contributed by atoms with Crippen LogP contribution in [0.1, 0.15) is 28.9 Å². The number of hydrogen-bond donors (Lipinski definition) is 3. The summed E-state index contributed by atoms with van der Waals surface area (Å²) < 4.78 is 7.28. The second-order valence-corrected chi connectivity index (χ2v) is 7.18. The standard InChI is InChI=1S/C22H19ClN4O4/c1-2-31-19-9-4-3-8-15(19)18-11-17(22(29)30)26-20-16(12-24-27(18)20)21(28)25-14-7-5-6-13(23)10-14/h3-12,18,26H,2H2,1H3,(H,25,28)(H,29,30). The molecule has 1 amide bonds. The number of aliphatic carboxylic acids is 1. The second kappa shape index (κ2) is 8.53. The van der Waals surface area contributed by atoms with Crippen molar-refractivity contribution < 1.29 is 19.4 Å². The Balaban J connectivity index is 1.75. The number of carbonyl (C=O) groups is 2. The van der Waals surface area contributed by atoms with Gasteiger partial charge in [-0.1, -0.05) is 35.9 Å². The van der Waals surface area contributed by atoms with Crippen LogP contribution in [0, 0.1) is 0 Å². The molecule has 1 aliphatic rings. The molecular weight excluding hydrogens is 420 g/mol. The molecule has 1 atom stereocenters. The zero-order valence-electron chi connectivity index (χ0n) is 16.5. The van der Waals surface area contributed by atoms with E-state index < -0.39 is 17.9 Å². The summed E-state index contributed by atoms with van der Waals surface area (Å²) in [6.07, 6.45) is 2.94. The fourth-order valence-electron chi connectivity index (χ4n) is 3.38. The van der Waals surface area contributed by atoms with Crippen molar-refractivity contribution in [2.24, 2.45) is 0 Å². The van der Waals surface area contributed by atoms with Crippen molar-refractivity contribution >= 4 is 35.0 Å². The predicted octanol–water partition coefficient (Wildman–Crippen LogP) is 4.17. The lowest BCUT2D eigenvalue weighted by Gasteiger charge is -2.25. The van der Waals surface area contributed by atoms with Crippen LogP contribution in [0.25, 0.3) is 0 Å². The molecule has 0 saturated heterocycles. The molecule has 4 rings (SSSR count). The summed E-state index contributed by atoms with van der Waals surface area (Å²) in [5, 5.41) is 20.0. The molecule has 1 aliphatic heterocycles. The number of benzene rings is 2. The first-order chi connectivity index (χ1) is 15.0. The molecule has 0 spiro atoms. The summed E-state index contributed by atoms with van der Waals surface area (Å²) in [5.41, 5.74) is 1.39. The van der Waals surface area contributed by atoms with E-state index in [9.17, 15) is 14.7 Å². The van der Waals surface area contributed by atoms with E-state index in [2.05, 4.69) is 15.7 Å². The number of ether oxygens (including phenoxy) is 1. The van der Waals surface area contributed by atoms with Gasteiger partial charge in [0.05, 0.1) is 12.8 Å². The molecule has 2 heterocycles. The number of para-hydroxylation sites is 1. The minimum absolute atomic E-state index is 0.0545. The highest BCUT2D eigenvalue weighted by molar-refractivity contribution is 6.31. The lowest BCUT2D eigenvalue weighted by atomic mass is 10.0. The number of hydrogen-bond acceptors (Lipinski definition) is 5. The number of nitrogens with one attached hydrogen (secondary N) is 2. The van der Waals surface area contributed by atoms with Crippen molar-refractivity contribution in [3.8, 4) is 5.75 Å². The van der Waals surface area contributed by atoms with Crippen molar-refractivity contribution in [3.63, 3.8) is 0 Å². The molecule has 9 heteroatoms. The van der Waals surface area contributed by atoms with Crippen LogP contribution in [0.15, 0.2) is 66.5 Å². The summed E-state index contributed by atoms with van der Waals surface area (Å²) in [6.45, 7) is 2.33. The summed E-state index contributed by atoms with van der Waals surface area (Å²) >= 11 is 5.99. The summed E-state index contributed by atoms with van der Waals surface area (Å²) in [6, 6.07) is 13.5. The number of halogens is 1. The highest BCUT2D eigenvalue weighted by atomic mass is 35.5. The molecule has 1 unspecified atom stereocenters. The van der Waals surface area contributed by atoms with Crippen LogP contribution < -0.4 is 15.4 Å². The van der Waals surface area contributed by atoms with E-state index in [4.69, 9.17) is 16.3 Å². The lowest BCUT2D eigenvalue weighted by molar-refractivity contribution is -0.132. The van der Waals surface area contributed by atoms with Gasteiger partial charge in [0.1, 0.15) is 28.9 Å². The van der Waals surface area contributed by atoms with E-state index >= 15 is 0 Å². The quantitative estimate of drug-likeness (QED) is 0.533. The van der Waals surface area contributed by atoms with Gasteiger partial charge < -0.3 is 20.5 Å². The van der Waals surface area contributed by atoms with Gasteiger partial charge in [-0.05, 0) is 37.3 Å². The Kier molecular flexibility index (Phi) is 5.64. The molecule has 31 heavy (non-hydrogen) atoms. The maximum atomic E-state index is 12.9. The number of carbonyl (C=O) groups excluding carboxylic acids is 1. The van der Waals surface area contributed by atoms with Crippen LogP contribution in [-0.2, 0) is 4.79 Å². The topological polar surface area (TPSA) is 105 Å². The number of carboxylic acid groups (broad SMARTS) is 1. The molecule has 0 saturated carbocycles. The Labute approximate surface area is 183 Å². The summed E-state index contributed by atoms with van der Waals surface area (Å²) in [4.78, 5) is 24.7. The van der Waals surface area contributed by atoms with E-state index in [1.165, 1.54) is 6.20 Å². The van der Waals surface area contributed by atoms with Crippen molar-refractivity contribution in [2.75, 3.05) is 17.2 Å². The van der Waals surface area contributed by atoms with Crippen LogP contribution in [0.5, 0.6) is 5.75 Å². The Morgan fingerprint density at radius 3 is 2.81 bits per heavy atom. The van der Waals surface area contributed by atoms with Crippen molar-refractivity contribution in [1.29, 1.82) is 0 Å². The molecule has 1 aromatic heterocycles. The number of rotatable bonds is 6. The van der Waals surface area contributed by atoms with E-state index in [0.717, 1.165) is 5.56 Å². The Hall–Kier alpha value is -3.78. The lowest BCUT2D eigenvalue weighted by Crippen LogP contribution is -2.26. The molecule has 8 nitrogen and oxygen atoms in total. The smallest absolute Gasteiger partial charge is 0.352 e. The highest BCUT2D eigenvalue weighted by Gasteiger charge is 2.30. The minimum atomic E-state index is -1.15. The molecule has 2 aromatic carbocycles. The first-order valence-electron chi connectivity index (χ1n) is 9.56. The Bertz CT molecular complexity index is 1190. The van der Waals surface area contributed by atoms with Crippen LogP contribution in [-0.4, -0.2) is 33.4 Å². The SMILES string of the molecule is CCOc1ccccc1C1C=C(C(=O)O)Nc2c(C(=O)Nc3cccc(Cl)c3)cnn21. The fourth-order valence-corrected chi connectivity index (χ4v) is 3.57. The Morgan fingerprint density at radius 2 is 2.06 bits per heavy atom. The normalized spacial score (nSPS) is 14.8. The Morgan fingerprint density at radius 1 is 1.26 bits per heavy atom. The average Bonchev–Trinajstić information content (AvgIpc) is 3.18. The largest absolute Gasteiger partial charge is 0.494 e. The monoisotopic (exact) mass is 438 g/mol. The van der Waals surface area contributed by atoms with E-state index in [1.807, 2.05) is 31.2 Å². The number of anilines is 2. The molecule has 0 radical (unpaired) electrons. The van der Waals surface area contributed by atoms with Crippen molar-refractivity contribution in [1.82, 2.24) is 9.78 Å². The number of carboxylic acids is 1. The van der Waals surface area contributed by atoms with Gasteiger partial charge in [0.15, 0.2) is 0 Å². The van der Waals surface area contributed by atoms with E-state index in [0.29, 0.717) is 23.1 Å². The third kappa shape index (κ3) is 4.10. The van der Waals surface area contributed by atoms with Gasteiger partial charge in [-0.2, -0.15) is 5.10 Å². The number of nitrogens with zero attached hydrogens (tertiary/aromatic N) is 2. The number of amides is 1. The van der Waals surface area contributed by atoms with Crippen molar-refractivity contribution in [3.05, 3.63) is 82.7 Å².